The fourth-order valence-corrected chi connectivity index (χ4v) is 2.44. The van der Waals surface area contributed by atoms with Crippen LogP contribution >= 0.6 is 0 Å². The third kappa shape index (κ3) is 3.91. The number of hydrogen-bond acceptors (Lipinski definition) is 5. The number of rotatable bonds is 6. The molecule has 114 valence electrons. The molecule has 1 amide bonds. The molecule has 1 aliphatic rings. The van der Waals surface area contributed by atoms with E-state index in [4.69, 9.17) is 4.74 Å². The molecule has 1 heterocycles. The van der Waals surface area contributed by atoms with Gasteiger partial charge in [0.2, 0.25) is 0 Å². The number of carbonyl (C=O) groups is 1. The molecule has 0 aromatic heterocycles. The standard InChI is InChI=1S/C14H19N3O4/c1-21-13-9-11(17(19)20)4-5-12(13)14(18)16-8-6-10-3-2-7-15-10/h4-5,9-10,15H,2-3,6-8H2,1H3,(H,16,18). The average Bonchev–Trinajstić information content (AvgIpc) is 2.99. The van der Waals surface area contributed by atoms with Crippen LogP contribution in [0.2, 0.25) is 0 Å². The number of hydrogen-bond donors (Lipinski definition) is 2. The van der Waals surface area contributed by atoms with Crippen LogP contribution in [0.5, 0.6) is 5.75 Å². The van der Waals surface area contributed by atoms with E-state index in [9.17, 15) is 14.9 Å². The van der Waals surface area contributed by atoms with E-state index in [0.29, 0.717) is 18.2 Å². The molecular formula is C14H19N3O4. The summed E-state index contributed by atoms with van der Waals surface area (Å²) in [5.41, 5.74) is 0.209. The molecule has 2 rings (SSSR count). The molecule has 0 saturated carbocycles. The Labute approximate surface area is 122 Å². The van der Waals surface area contributed by atoms with Crippen LogP contribution < -0.4 is 15.4 Å². The molecule has 1 aliphatic heterocycles. The molecule has 2 N–H and O–H groups in total. The number of nitro benzene ring substituents is 1. The summed E-state index contributed by atoms with van der Waals surface area (Å²) in [6.07, 6.45) is 3.19. The Kier molecular flexibility index (Phi) is 5.10. The van der Waals surface area contributed by atoms with Crippen LogP contribution in [0.1, 0.15) is 29.6 Å². The monoisotopic (exact) mass is 293 g/mol. The first-order valence-electron chi connectivity index (χ1n) is 6.96. The van der Waals surface area contributed by atoms with Crippen molar-refractivity contribution >= 4 is 11.6 Å². The van der Waals surface area contributed by atoms with Crippen molar-refractivity contribution in [2.45, 2.75) is 25.3 Å². The van der Waals surface area contributed by atoms with E-state index >= 15 is 0 Å². The Balaban J connectivity index is 1.96. The van der Waals surface area contributed by atoms with Gasteiger partial charge in [0.25, 0.3) is 11.6 Å². The van der Waals surface area contributed by atoms with Gasteiger partial charge < -0.3 is 15.4 Å². The number of nitrogens with one attached hydrogen (secondary N) is 2. The first-order chi connectivity index (χ1) is 10.1. The van der Waals surface area contributed by atoms with Gasteiger partial charge >= 0.3 is 0 Å². The maximum absolute atomic E-state index is 12.1. The maximum atomic E-state index is 12.1. The Hall–Kier alpha value is -2.15. The molecule has 0 spiro atoms. The highest BCUT2D eigenvalue weighted by atomic mass is 16.6. The lowest BCUT2D eigenvalue weighted by Crippen LogP contribution is -2.30. The Bertz CT molecular complexity index is 527. The lowest BCUT2D eigenvalue weighted by Gasteiger charge is -2.12. The van der Waals surface area contributed by atoms with Crippen LogP contribution in [0.25, 0.3) is 0 Å². The number of benzene rings is 1. The summed E-state index contributed by atoms with van der Waals surface area (Å²) >= 11 is 0. The largest absolute Gasteiger partial charge is 0.496 e. The normalized spacial score (nSPS) is 17.5. The second kappa shape index (κ2) is 7.03. The van der Waals surface area contributed by atoms with E-state index in [-0.39, 0.29) is 17.3 Å². The van der Waals surface area contributed by atoms with Crippen molar-refractivity contribution in [3.05, 3.63) is 33.9 Å². The lowest BCUT2D eigenvalue weighted by atomic mass is 10.1. The van der Waals surface area contributed by atoms with Crippen molar-refractivity contribution in [2.24, 2.45) is 0 Å². The van der Waals surface area contributed by atoms with Gasteiger partial charge in [-0.3, -0.25) is 14.9 Å². The molecule has 1 fully saturated rings. The number of non-ortho nitro benzene ring substituents is 1. The number of ether oxygens (including phenoxy) is 1. The molecule has 0 bridgehead atoms. The smallest absolute Gasteiger partial charge is 0.273 e. The van der Waals surface area contributed by atoms with E-state index in [1.165, 1.54) is 31.7 Å². The van der Waals surface area contributed by atoms with Crippen molar-refractivity contribution in [1.29, 1.82) is 0 Å². The minimum Gasteiger partial charge on any atom is -0.496 e. The predicted octanol–water partition coefficient (Wildman–Crippen LogP) is 1.48. The molecule has 1 unspecified atom stereocenters. The van der Waals surface area contributed by atoms with Gasteiger partial charge in [0.15, 0.2) is 0 Å². The summed E-state index contributed by atoms with van der Waals surface area (Å²) < 4.78 is 5.06. The van der Waals surface area contributed by atoms with E-state index < -0.39 is 4.92 Å². The van der Waals surface area contributed by atoms with Gasteiger partial charge in [0.1, 0.15) is 5.75 Å². The number of methoxy groups -OCH3 is 1. The van der Waals surface area contributed by atoms with E-state index in [1.54, 1.807) is 0 Å². The predicted molar refractivity (Wildman–Crippen MR) is 77.6 cm³/mol. The van der Waals surface area contributed by atoms with Gasteiger partial charge in [0.05, 0.1) is 23.7 Å². The van der Waals surface area contributed by atoms with Crippen LogP contribution in [-0.2, 0) is 0 Å². The van der Waals surface area contributed by atoms with E-state index in [0.717, 1.165) is 19.4 Å². The Morgan fingerprint density at radius 2 is 2.38 bits per heavy atom. The van der Waals surface area contributed by atoms with Crippen molar-refractivity contribution in [2.75, 3.05) is 20.2 Å². The second-order valence-corrected chi connectivity index (χ2v) is 4.98. The summed E-state index contributed by atoms with van der Waals surface area (Å²) in [7, 11) is 1.39. The first-order valence-corrected chi connectivity index (χ1v) is 6.96. The summed E-state index contributed by atoms with van der Waals surface area (Å²) in [5, 5.41) is 16.9. The maximum Gasteiger partial charge on any atom is 0.273 e. The zero-order valence-electron chi connectivity index (χ0n) is 11.9. The number of nitrogens with zero attached hydrogens (tertiary/aromatic N) is 1. The van der Waals surface area contributed by atoms with Gasteiger partial charge in [-0.15, -0.1) is 0 Å². The van der Waals surface area contributed by atoms with Gasteiger partial charge in [-0.05, 0) is 31.9 Å². The van der Waals surface area contributed by atoms with Crippen molar-refractivity contribution in [1.82, 2.24) is 10.6 Å². The summed E-state index contributed by atoms with van der Waals surface area (Å²) in [4.78, 5) is 22.3. The van der Waals surface area contributed by atoms with Gasteiger partial charge in [-0.2, -0.15) is 0 Å². The molecule has 1 aromatic carbocycles. The topological polar surface area (TPSA) is 93.5 Å². The van der Waals surface area contributed by atoms with Gasteiger partial charge in [0, 0.05) is 18.7 Å². The van der Waals surface area contributed by atoms with Crippen molar-refractivity contribution in [3.63, 3.8) is 0 Å². The zero-order chi connectivity index (χ0) is 15.2. The third-order valence-electron chi connectivity index (χ3n) is 3.58. The van der Waals surface area contributed by atoms with Crippen molar-refractivity contribution < 1.29 is 14.5 Å². The number of carbonyl (C=O) groups excluding carboxylic acids is 1. The first kappa shape index (κ1) is 15.2. The molecule has 21 heavy (non-hydrogen) atoms. The molecule has 7 nitrogen and oxygen atoms in total. The molecule has 1 atom stereocenters. The van der Waals surface area contributed by atoms with E-state index in [1.807, 2.05) is 0 Å². The quantitative estimate of drug-likeness (QED) is 0.612. The second-order valence-electron chi connectivity index (χ2n) is 4.98. The average molecular weight is 293 g/mol. The van der Waals surface area contributed by atoms with Crippen LogP contribution in [0.15, 0.2) is 18.2 Å². The highest BCUT2D eigenvalue weighted by molar-refractivity contribution is 5.97. The van der Waals surface area contributed by atoms with Crippen molar-refractivity contribution in [3.8, 4) is 5.75 Å². The Morgan fingerprint density at radius 1 is 1.57 bits per heavy atom. The molecule has 7 heteroatoms. The highest BCUT2D eigenvalue weighted by Crippen LogP contribution is 2.24. The SMILES string of the molecule is COc1cc([N+](=O)[O-])ccc1C(=O)NCCC1CCCN1. The molecular weight excluding hydrogens is 274 g/mol. The minimum atomic E-state index is -0.518. The molecule has 1 aromatic rings. The van der Waals surface area contributed by atoms with E-state index in [2.05, 4.69) is 10.6 Å². The molecule has 0 radical (unpaired) electrons. The number of amides is 1. The van der Waals surface area contributed by atoms with Crippen LogP contribution in [-0.4, -0.2) is 37.1 Å². The minimum absolute atomic E-state index is 0.0986. The molecule has 0 aliphatic carbocycles. The fourth-order valence-electron chi connectivity index (χ4n) is 2.44. The van der Waals surface area contributed by atoms with Crippen LogP contribution in [0.4, 0.5) is 5.69 Å². The van der Waals surface area contributed by atoms with Crippen LogP contribution in [0, 0.1) is 10.1 Å². The summed E-state index contributed by atoms with van der Waals surface area (Å²) in [6, 6.07) is 4.44. The Morgan fingerprint density at radius 3 is 3.00 bits per heavy atom. The summed E-state index contributed by atoms with van der Waals surface area (Å²) in [5.74, 6) is -0.0690. The lowest BCUT2D eigenvalue weighted by molar-refractivity contribution is -0.384. The fraction of sp³-hybridized carbons (Fsp3) is 0.500. The molecule has 1 saturated heterocycles. The third-order valence-corrected chi connectivity index (χ3v) is 3.58. The summed E-state index contributed by atoms with van der Waals surface area (Å²) in [6.45, 7) is 1.60. The zero-order valence-corrected chi connectivity index (χ0v) is 11.9. The van der Waals surface area contributed by atoms with Gasteiger partial charge in [-0.1, -0.05) is 0 Å². The van der Waals surface area contributed by atoms with Gasteiger partial charge in [-0.25, -0.2) is 0 Å². The number of nitro groups is 1. The van der Waals surface area contributed by atoms with Crippen LogP contribution in [0.3, 0.4) is 0 Å². The highest BCUT2D eigenvalue weighted by Gasteiger charge is 2.18.